The van der Waals surface area contributed by atoms with Gasteiger partial charge in [-0.2, -0.15) is 0 Å². The van der Waals surface area contributed by atoms with E-state index in [-0.39, 0.29) is 6.42 Å². The number of carbonyl (C=O) groups is 1. The summed E-state index contributed by atoms with van der Waals surface area (Å²) in [5, 5.41) is 0. The van der Waals surface area contributed by atoms with Crippen molar-refractivity contribution in [3.63, 3.8) is 0 Å². The molecule has 0 unspecified atom stereocenters. The summed E-state index contributed by atoms with van der Waals surface area (Å²) in [6, 6.07) is 0. The first-order valence-electron chi connectivity index (χ1n) is 10.4. The second kappa shape index (κ2) is 12.7. The zero-order valence-electron chi connectivity index (χ0n) is 17.0. The minimum absolute atomic E-state index is 0.191. The van der Waals surface area contributed by atoms with E-state index in [0.29, 0.717) is 18.6 Å². The van der Waals surface area contributed by atoms with Crippen LogP contribution in [0.25, 0.3) is 0 Å². The predicted molar refractivity (Wildman–Crippen MR) is 90.9 cm³/mol. The highest BCUT2D eigenvalue weighted by Gasteiger charge is 2.36. The van der Waals surface area contributed by atoms with Crippen molar-refractivity contribution in [2.45, 2.75) is 96.2 Å². The summed E-state index contributed by atoms with van der Waals surface area (Å²) >= 11 is 0. The minimum Gasteiger partial charge on any atom is -0.469 e. The van der Waals surface area contributed by atoms with E-state index in [2.05, 4.69) is 23.8 Å². The van der Waals surface area contributed by atoms with Crippen molar-refractivity contribution in [1.29, 1.82) is 0 Å². The van der Waals surface area contributed by atoms with Gasteiger partial charge in [0.15, 0.2) is 0 Å². The average molecular weight is 313 g/mol. The average Bonchev–Trinajstić information content (AvgIpc) is 3.26. The van der Waals surface area contributed by atoms with Crippen LogP contribution in [0.4, 0.5) is 0 Å². The highest BCUT2D eigenvalue weighted by atomic mass is 16.6. The number of unbranched alkanes of at least 4 members (excludes halogenated alkanes) is 7. The topological polar surface area (TPSA) is 38.8 Å². The van der Waals surface area contributed by atoms with Gasteiger partial charge in [-0.05, 0) is 32.1 Å². The third kappa shape index (κ3) is 9.99. The van der Waals surface area contributed by atoms with Crippen LogP contribution in [0.15, 0.2) is 12.2 Å². The predicted octanol–water partition coefficient (Wildman–Crippen LogP) is 5.18. The first-order valence-corrected chi connectivity index (χ1v) is 8.94. The lowest BCUT2D eigenvalue weighted by Crippen LogP contribution is -1.99. The Balaban J connectivity index is 1.86. The molecular formula is C19H34O3. The fraction of sp³-hybridized carbons (Fsp3) is 0.842. The van der Waals surface area contributed by atoms with Crippen molar-refractivity contribution in [3.8, 4) is 0 Å². The van der Waals surface area contributed by atoms with E-state index in [1.54, 1.807) is 0 Å². The van der Waals surface area contributed by atoms with Crippen LogP contribution >= 0.6 is 0 Å². The Labute approximate surface area is 140 Å². The summed E-state index contributed by atoms with van der Waals surface area (Å²) in [5.74, 6) is -0.628. The van der Waals surface area contributed by atoms with Crippen molar-refractivity contribution in [3.05, 3.63) is 12.2 Å². The smallest absolute Gasteiger partial charge is 0.305 e. The van der Waals surface area contributed by atoms with Crippen molar-refractivity contribution >= 4 is 5.97 Å². The standard InChI is InChI=1S/C19H34O3/c1-3-4-5-6-8-11-14-17-18(22-17)15-12-9-7-10-13-16-19(20)21-2/h8,11,17-18H,3-7,9-10,12-16H2,1-2H3/b11-8-/t17-,18+/m0/s1/i2D3. The molecule has 1 aliphatic heterocycles. The second-order valence-electron chi connectivity index (χ2n) is 6.20. The molecule has 1 rings (SSSR count). The van der Waals surface area contributed by atoms with Gasteiger partial charge in [0.2, 0.25) is 0 Å². The molecule has 1 heterocycles. The normalized spacial score (nSPS) is 23.0. The third-order valence-corrected chi connectivity index (χ3v) is 4.18. The molecule has 2 atom stereocenters. The molecule has 1 aliphatic rings. The van der Waals surface area contributed by atoms with E-state index in [1.165, 1.54) is 25.7 Å². The highest BCUT2D eigenvalue weighted by Crippen LogP contribution is 2.30. The molecule has 3 nitrogen and oxygen atoms in total. The van der Waals surface area contributed by atoms with Crippen LogP contribution in [-0.2, 0) is 14.3 Å². The molecule has 22 heavy (non-hydrogen) atoms. The molecule has 0 spiro atoms. The fourth-order valence-electron chi connectivity index (χ4n) is 2.70. The quantitative estimate of drug-likeness (QED) is 0.192. The second-order valence-corrected chi connectivity index (χ2v) is 6.20. The summed E-state index contributed by atoms with van der Waals surface area (Å²) < 4.78 is 30.6. The van der Waals surface area contributed by atoms with E-state index < -0.39 is 13.0 Å². The van der Waals surface area contributed by atoms with Crippen LogP contribution in [0, 0.1) is 0 Å². The zero-order valence-corrected chi connectivity index (χ0v) is 14.0. The van der Waals surface area contributed by atoms with Crippen LogP contribution in [0.5, 0.6) is 0 Å². The number of carbonyl (C=O) groups excluding carboxylic acids is 1. The SMILES string of the molecule is [2H]C([2H])([2H])OC(=O)CCCCCCC[C@H]1O[C@H]1C/C=C\CCCCC. The first-order chi connectivity index (χ1) is 11.9. The number of allylic oxidation sites excluding steroid dienone is 1. The molecule has 128 valence electrons. The Morgan fingerprint density at radius 3 is 2.73 bits per heavy atom. The maximum Gasteiger partial charge on any atom is 0.305 e. The lowest BCUT2D eigenvalue weighted by Gasteiger charge is -2.00. The van der Waals surface area contributed by atoms with Gasteiger partial charge < -0.3 is 9.47 Å². The van der Waals surface area contributed by atoms with Gasteiger partial charge >= 0.3 is 5.97 Å². The van der Waals surface area contributed by atoms with Gasteiger partial charge in [0.05, 0.1) is 23.4 Å². The molecule has 0 bridgehead atoms. The maximum atomic E-state index is 11.2. The Morgan fingerprint density at radius 1 is 1.09 bits per heavy atom. The van der Waals surface area contributed by atoms with E-state index in [1.807, 2.05) is 0 Å². The Kier molecular flexibility index (Phi) is 8.50. The Hall–Kier alpha value is -0.830. The summed E-state index contributed by atoms with van der Waals surface area (Å²) in [4.78, 5) is 11.2. The monoisotopic (exact) mass is 313 g/mol. The lowest BCUT2D eigenvalue weighted by atomic mass is 10.1. The number of hydrogen-bond acceptors (Lipinski definition) is 3. The lowest BCUT2D eigenvalue weighted by molar-refractivity contribution is -0.140. The molecule has 0 N–H and O–H groups in total. The summed E-state index contributed by atoms with van der Waals surface area (Å²) in [5.41, 5.74) is 0. The molecule has 0 aromatic rings. The molecule has 0 amide bonds. The largest absolute Gasteiger partial charge is 0.469 e. The summed E-state index contributed by atoms with van der Waals surface area (Å²) in [6.45, 7) is 2.22. The van der Waals surface area contributed by atoms with Crippen LogP contribution < -0.4 is 0 Å². The Bertz CT molecular complexity index is 394. The van der Waals surface area contributed by atoms with Gasteiger partial charge in [-0.25, -0.2) is 0 Å². The highest BCUT2D eigenvalue weighted by molar-refractivity contribution is 5.68. The van der Waals surface area contributed by atoms with Crippen LogP contribution in [0.1, 0.15) is 88.1 Å². The number of epoxide rings is 1. The van der Waals surface area contributed by atoms with Crippen LogP contribution in [0.2, 0.25) is 0 Å². The van der Waals surface area contributed by atoms with Crippen molar-refractivity contribution in [2.24, 2.45) is 0 Å². The molecule has 0 aromatic carbocycles. The minimum atomic E-state index is -2.61. The number of methoxy groups -OCH3 is 1. The maximum absolute atomic E-state index is 11.2. The molecule has 3 heteroatoms. The van der Waals surface area contributed by atoms with E-state index in [0.717, 1.165) is 38.5 Å². The third-order valence-electron chi connectivity index (χ3n) is 4.18. The molecule has 0 aliphatic carbocycles. The van der Waals surface area contributed by atoms with Crippen molar-refractivity contribution in [2.75, 3.05) is 7.04 Å². The van der Waals surface area contributed by atoms with Gasteiger partial charge in [-0.1, -0.05) is 57.6 Å². The number of rotatable bonds is 14. The van der Waals surface area contributed by atoms with Gasteiger partial charge in [0.25, 0.3) is 0 Å². The van der Waals surface area contributed by atoms with E-state index in [9.17, 15) is 4.79 Å². The summed E-state index contributed by atoms with van der Waals surface area (Å²) in [7, 11) is -2.61. The van der Waals surface area contributed by atoms with E-state index >= 15 is 0 Å². The molecular weight excluding hydrogens is 276 g/mol. The molecule has 0 aromatic heterocycles. The number of ether oxygens (including phenoxy) is 2. The number of hydrogen-bond donors (Lipinski definition) is 0. The van der Waals surface area contributed by atoms with Gasteiger partial charge in [-0.3, -0.25) is 4.79 Å². The molecule has 0 radical (unpaired) electrons. The molecule has 1 fully saturated rings. The molecule has 0 saturated carbocycles. The molecule has 1 saturated heterocycles. The zero-order chi connectivity index (χ0) is 18.5. The van der Waals surface area contributed by atoms with Crippen LogP contribution in [-0.4, -0.2) is 25.2 Å². The van der Waals surface area contributed by atoms with Gasteiger partial charge in [-0.15, -0.1) is 0 Å². The van der Waals surface area contributed by atoms with Gasteiger partial charge in [0.1, 0.15) is 0 Å². The van der Waals surface area contributed by atoms with Crippen LogP contribution in [0.3, 0.4) is 0 Å². The van der Waals surface area contributed by atoms with Gasteiger partial charge in [0, 0.05) is 6.42 Å². The summed E-state index contributed by atoms with van der Waals surface area (Å²) in [6.07, 6.45) is 17.8. The Morgan fingerprint density at radius 2 is 1.91 bits per heavy atom. The first kappa shape index (κ1) is 14.7. The van der Waals surface area contributed by atoms with E-state index in [4.69, 9.17) is 8.85 Å². The van der Waals surface area contributed by atoms with Crippen molar-refractivity contribution < 1.29 is 18.4 Å². The number of esters is 1. The fourth-order valence-corrected chi connectivity index (χ4v) is 2.70. The van der Waals surface area contributed by atoms with Crippen molar-refractivity contribution in [1.82, 2.24) is 0 Å².